The number of sulfonamides is 1. The first-order chi connectivity index (χ1) is 14.6. The van der Waals surface area contributed by atoms with Crippen molar-refractivity contribution in [2.75, 3.05) is 13.1 Å². The van der Waals surface area contributed by atoms with E-state index in [2.05, 4.69) is 40.8 Å². The second-order valence-electron chi connectivity index (χ2n) is 8.58. The maximum Gasteiger partial charge on any atom is 0.240 e. The number of hydrogen-bond acceptors (Lipinski definition) is 4. The highest BCUT2D eigenvalue weighted by Gasteiger charge is 2.17. The Morgan fingerprint density at radius 2 is 1.74 bits per heavy atom. The van der Waals surface area contributed by atoms with Crippen LogP contribution in [0.3, 0.4) is 0 Å². The average Bonchev–Trinajstić information content (AvgIpc) is 3.13. The number of hydrogen-bond donors (Lipinski definition) is 3. The zero-order chi connectivity index (χ0) is 22.5. The van der Waals surface area contributed by atoms with Gasteiger partial charge in [-0.3, -0.25) is 4.79 Å². The van der Waals surface area contributed by atoms with Crippen molar-refractivity contribution in [3.8, 4) is 0 Å². The molecule has 0 spiro atoms. The predicted octanol–water partition coefficient (Wildman–Crippen LogP) is 3.28. The molecule has 0 unspecified atom stereocenters. The Morgan fingerprint density at radius 3 is 2.42 bits per heavy atom. The highest BCUT2D eigenvalue weighted by Crippen LogP contribution is 2.23. The van der Waals surface area contributed by atoms with E-state index >= 15 is 0 Å². The lowest BCUT2D eigenvalue weighted by Gasteiger charge is -2.19. The minimum Gasteiger partial charge on any atom is -0.356 e. The molecule has 0 atom stereocenters. The van der Waals surface area contributed by atoms with Gasteiger partial charge in [-0.2, -0.15) is 0 Å². The van der Waals surface area contributed by atoms with Crippen LogP contribution in [0.5, 0.6) is 0 Å². The van der Waals surface area contributed by atoms with Crippen molar-refractivity contribution in [1.29, 1.82) is 0 Å². The summed E-state index contributed by atoms with van der Waals surface area (Å²) in [6, 6.07) is 14.7. The van der Waals surface area contributed by atoms with Crippen LogP contribution in [0.15, 0.2) is 53.4 Å². The quantitative estimate of drug-likeness (QED) is 0.442. The van der Waals surface area contributed by atoms with Gasteiger partial charge in [0, 0.05) is 25.9 Å². The number of rotatable bonds is 9. The molecule has 0 aliphatic carbocycles. The monoisotopic (exact) mass is 442 g/mol. The average molecular weight is 443 g/mol. The van der Waals surface area contributed by atoms with E-state index in [-0.39, 0.29) is 29.2 Å². The van der Waals surface area contributed by atoms with Crippen molar-refractivity contribution < 1.29 is 13.2 Å². The highest BCUT2D eigenvalue weighted by atomic mass is 32.2. The summed E-state index contributed by atoms with van der Waals surface area (Å²) in [7, 11) is -3.63. The van der Waals surface area contributed by atoms with Crippen LogP contribution in [0, 0.1) is 0 Å². The lowest BCUT2D eigenvalue weighted by atomic mass is 9.87. The Morgan fingerprint density at radius 1 is 1.03 bits per heavy atom. The number of nitrogens with zero attached hydrogens (tertiary/aromatic N) is 1. The summed E-state index contributed by atoms with van der Waals surface area (Å²) in [4.78, 5) is 20.0. The molecule has 3 N–H and O–H groups in total. The molecule has 1 aromatic heterocycles. The van der Waals surface area contributed by atoms with Gasteiger partial charge < -0.3 is 10.3 Å². The van der Waals surface area contributed by atoms with Gasteiger partial charge in [0.15, 0.2) is 0 Å². The molecule has 7 nitrogen and oxygen atoms in total. The van der Waals surface area contributed by atoms with E-state index in [1.54, 1.807) is 12.1 Å². The van der Waals surface area contributed by atoms with Crippen LogP contribution in [-0.2, 0) is 26.7 Å². The second kappa shape index (κ2) is 9.62. The number of amides is 1. The molecule has 0 aliphatic heterocycles. The number of para-hydroxylation sites is 2. The number of nitrogens with one attached hydrogen (secondary N) is 3. The fourth-order valence-corrected chi connectivity index (χ4v) is 4.24. The van der Waals surface area contributed by atoms with Crippen LogP contribution in [0.2, 0.25) is 0 Å². The molecule has 0 radical (unpaired) electrons. The first kappa shape index (κ1) is 23.0. The molecule has 31 heavy (non-hydrogen) atoms. The third kappa shape index (κ3) is 6.38. The van der Waals surface area contributed by atoms with E-state index in [9.17, 15) is 13.2 Å². The number of carbonyl (C=O) groups excluding carboxylic acids is 1. The molecular weight excluding hydrogens is 412 g/mol. The minimum atomic E-state index is -3.63. The molecule has 3 aromatic rings. The van der Waals surface area contributed by atoms with Crippen LogP contribution in [0.4, 0.5) is 0 Å². The summed E-state index contributed by atoms with van der Waals surface area (Å²) >= 11 is 0. The highest BCUT2D eigenvalue weighted by molar-refractivity contribution is 7.89. The SMILES string of the molecule is CC(C)(C)c1ccc(S(=O)(=O)NCCC(=O)NCCCc2nc3ccccc3[nH]2)cc1. The van der Waals surface area contributed by atoms with Crippen LogP contribution in [0.1, 0.15) is 45.0 Å². The van der Waals surface area contributed by atoms with E-state index in [1.807, 2.05) is 36.4 Å². The molecule has 1 heterocycles. The van der Waals surface area contributed by atoms with Crippen molar-refractivity contribution in [3.05, 3.63) is 59.9 Å². The van der Waals surface area contributed by atoms with Gasteiger partial charge in [-0.15, -0.1) is 0 Å². The zero-order valence-electron chi connectivity index (χ0n) is 18.2. The summed E-state index contributed by atoms with van der Waals surface area (Å²) in [5.74, 6) is 0.705. The molecule has 0 saturated heterocycles. The van der Waals surface area contributed by atoms with E-state index in [0.717, 1.165) is 35.3 Å². The second-order valence-corrected chi connectivity index (χ2v) is 10.3. The lowest BCUT2D eigenvalue weighted by Crippen LogP contribution is -2.31. The third-order valence-electron chi connectivity index (χ3n) is 5.03. The van der Waals surface area contributed by atoms with Crippen molar-refractivity contribution in [2.45, 2.75) is 50.3 Å². The number of aromatic amines is 1. The summed E-state index contributed by atoms with van der Waals surface area (Å²) in [6.45, 7) is 6.79. The van der Waals surface area contributed by atoms with Gasteiger partial charge in [-0.25, -0.2) is 18.1 Å². The molecule has 0 fully saturated rings. The smallest absolute Gasteiger partial charge is 0.240 e. The number of aromatic nitrogens is 2. The maximum atomic E-state index is 12.4. The summed E-state index contributed by atoms with van der Waals surface area (Å²) in [5.41, 5.74) is 2.95. The lowest BCUT2D eigenvalue weighted by molar-refractivity contribution is -0.120. The number of imidazole rings is 1. The van der Waals surface area contributed by atoms with Gasteiger partial charge in [-0.1, -0.05) is 45.0 Å². The zero-order valence-corrected chi connectivity index (χ0v) is 19.1. The maximum absolute atomic E-state index is 12.4. The number of aryl methyl sites for hydroxylation is 1. The fourth-order valence-electron chi connectivity index (χ4n) is 3.21. The Bertz CT molecular complexity index is 1100. The largest absolute Gasteiger partial charge is 0.356 e. The van der Waals surface area contributed by atoms with E-state index in [4.69, 9.17) is 0 Å². The predicted molar refractivity (Wildman–Crippen MR) is 122 cm³/mol. The Hall–Kier alpha value is -2.71. The Balaban J connectivity index is 1.38. The Labute approximate surface area is 183 Å². The van der Waals surface area contributed by atoms with E-state index in [0.29, 0.717) is 6.54 Å². The number of carbonyl (C=O) groups is 1. The summed E-state index contributed by atoms with van der Waals surface area (Å²) in [5, 5.41) is 2.82. The molecule has 1 amide bonds. The molecule has 8 heteroatoms. The van der Waals surface area contributed by atoms with Gasteiger partial charge in [-0.05, 0) is 41.7 Å². The van der Waals surface area contributed by atoms with Gasteiger partial charge in [0.1, 0.15) is 5.82 Å². The number of benzene rings is 2. The molecular formula is C23H30N4O3S. The van der Waals surface area contributed by atoms with E-state index in [1.165, 1.54) is 0 Å². The molecule has 2 aromatic carbocycles. The van der Waals surface area contributed by atoms with Crippen molar-refractivity contribution in [2.24, 2.45) is 0 Å². The van der Waals surface area contributed by atoms with Crippen LogP contribution < -0.4 is 10.0 Å². The van der Waals surface area contributed by atoms with Crippen molar-refractivity contribution >= 4 is 27.0 Å². The van der Waals surface area contributed by atoms with Crippen molar-refractivity contribution in [1.82, 2.24) is 20.0 Å². The number of H-pyrrole nitrogens is 1. The summed E-state index contributed by atoms with van der Waals surface area (Å²) < 4.78 is 27.3. The van der Waals surface area contributed by atoms with Gasteiger partial charge in [0.2, 0.25) is 15.9 Å². The van der Waals surface area contributed by atoms with Crippen LogP contribution in [0.25, 0.3) is 11.0 Å². The van der Waals surface area contributed by atoms with Gasteiger partial charge >= 0.3 is 0 Å². The van der Waals surface area contributed by atoms with Gasteiger partial charge in [0.05, 0.1) is 15.9 Å². The number of fused-ring (bicyclic) bond motifs is 1. The first-order valence-corrected chi connectivity index (χ1v) is 11.9. The molecule has 3 rings (SSSR count). The van der Waals surface area contributed by atoms with Gasteiger partial charge in [0.25, 0.3) is 0 Å². The molecule has 166 valence electrons. The molecule has 0 aliphatic rings. The molecule has 0 saturated carbocycles. The molecule has 0 bridgehead atoms. The van der Waals surface area contributed by atoms with Crippen LogP contribution in [-0.4, -0.2) is 37.4 Å². The minimum absolute atomic E-state index is 0.0434. The first-order valence-electron chi connectivity index (χ1n) is 10.5. The van der Waals surface area contributed by atoms with E-state index < -0.39 is 10.0 Å². The standard InChI is InChI=1S/C23H30N4O3S/c1-23(2,3)17-10-12-18(13-11-17)31(29,30)25-16-14-22(28)24-15-6-9-21-26-19-7-4-5-8-20(19)27-21/h4-5,7-8,10-13,25H,6,9,14-16H2,1-3H3,(H,24,28)(H,26,27). The normalized spacial score (nSPS) is 12.2. The fraction of sp³-hybridized carbons (Fsp3) is 0.391. The third-order valence-corrected chi connectivity index (χ3v) is 6.50. The van der Waals surface area contributed by atoms with Crippen LogP contribution >= 0.6 is 0 Å². The topological polar surface area (TPSA) is 104 Å². The van der Waals surface area contributed by atoms with Crippen molar-refractivity contribution in [3.63, 3.8) is 0 Å². The summed E-state index contributed by atoms with van der Waals surface area (Å²) in [6.07, 6.45) is 1.56. The Kier molecular flexibility index (Phi) is 7.12.